The lowest BCUT2D eigenvalue weighted by Gasteiger charge is -2.17. The van der Waals surface area contributed by atoms with Gasteiger partial charge in [-0.15, -0.1) is 0 Å². The van der Waals surface area contributed by atoms with Crippen LogP contribution in [0.2, 0.25) is 0 Å². The largest absolute Gasteiger partial charge is 0.465 e. The first-order valence-corrected chi connectivity index (χ1v) is 7.99. The number of carboxylic acid groups (broad SMARTS) is 1. The van der Waals surface area contributed by atoms with E-state index in [4.69, 9.17) is 0 Å². The highest BCUT2D eigenvalue weighted by molar-refractivity contribution is 5.92. The minimum atomic E-state index is -1.02. The number of rotatable bonds is 4. The van der Waals surface area contributed by atoms with E-state index >= 15 is 0 Å². The fraction of sp³-hybridized carbons (Fsp3) is 0.316. The van der Waals surface area contributed by atoms with Crippen molar-refractivity contribution < 1.29 is 9.90 Å². The second-order valence-electron chi connectivity index (χ2n) is 6.26. The van der Waals surface area contributed by atoms with Crippen LogP contribution in [0, 0.1) is 5.92 Å². The summed E-state index contributed by atoms with van der Waals surface area (Å²) in [5.74, 6) is 0.584. The highest BCUT2D eigenvalue weighted by atomic mass is 16.4. The zero-order chi connectivity index (χ0) is 16.2. The summed E-state index contributed by atoms with van der Waals surface area (Å²) < 4.78 is 0. The fourth-order valence-corrected chi connectivity index (χ4v) is 3.39. The van der Waals surface area contributed by atoms with Crippen LogP contribution in [0.25, 0.3) is 11.1 Å². The molecule has 0 spiro atoms. The molecule has 4 heteroatoms. The Hall–Kier alpha value is -2.33. The smallest absolute Gasteiger partial charge is 0.409 e. The number of anilines is 1. The van der Waals surface area contributed by atoms with Crippen LogP contribution < -0.4 is 5.32 Å². The number of benzene rings is 2. The Bertz CT molecular complexity index is 685. The summed E-state index contributed by atoms with van der Waals surface area (Å²) >= 11 is 0. The molecule has 0 radical (unpaired) electrons. The second-order valence-corrected chi connectivity index (χ2v) is 6.26. The van der Waals surface area contributed by atoms with Gasteiger partial charge in [-0.3, -0.25) is 5.32 Å². The van der Waals surface area contributed by atoms with E-state index in [2.05, 4.69) is 17.3 Å². The van der Waals surface area contributed by atoms with E-state index in [1.807, 2.05) is 48.5 Å². The topological polar surface area (TPSA) is 52.6 Å². The van der Waals surface area contributed by atoms with Gasteiger partial charge in [-0.1, -0.05) is 48.5 Å². The average molecular weight is 310 g/mol. The van der Waals surface area contributed by atoms with Gasteiger partial charge in [0.1, 0.15) is 0 Å². The molecule has 23 heavy (non-hydrogen) atoms. The predicted molar refractivity (Wildman–Crippen MR) is 92.8 cm³/mol. The number of nitrogens with one attached hydrogen (secondary N) is 1. The summed E-state index contributed by atoms with van der Waals surface area (Å²) in [5, 5.41) is 11.9. The van der Waals surface area contributed by atoms with Crippen molar-refractivity contribution in [3.05, 3.63) is 54.1 Å². The first kappa shape index (κ1) is 15.6. The van der Waals surface area contributed by atoms with Crippen molar-refractivity contribution in [2.75, 3.05) is 25.5 Å². The number of para-hydroxylation sites is 1. The molecule has 120 valence electrons. The van der Waals surface area contributed by atoms with Gasteiger partial charge in [0.05, 0.1) is 5.69 Å². The minimum Gasteiger partial charge on any atom is -0.465 e. The molecule has 0 aliphatic carbocycles. The van der Waals surface area contributed by atoms with E-state index in [-0.39, 0.29) is 0 Å². The van der Waals surface area contributed by atoms with Crippen LogP contribution in [0.1, 0.15) is 12.0 Å². The molecule has 2 aromatic rings. The Morgan fingerprint density at radius 2 is 2.00 bits per heavy atom. The first-order chi connectivity index (χ1) is 11.1. The van der Waals surface area contributed by atoms with E-state index in [1.165, 1.54) is 6.42 Å². The van der Waals surface area contributed by atoms with E-state index < -0.39 is 6.09 Å². The fourth-order valence-electron chi connectivity index (χ4n) is 3.39. The number of likely N-dealkylation sites (tertiary alicyclic amines) is 1. The second kappa shape index (κ2) is 6.84. The van der Waals surface area contributed by atoms with E-state index in [0.717, 1.165) is 41.9 Å². The Kier molecular flexibility index (Phi) is 4.63. The van der Waals surface area contributed by atoms with Crippen LogP contribution in [0.15, 0.2) is 48.5 Å². The standard InChI is InChI=1S/C19H22N2O2/c1-21-11-10-14(13-21)12-16-8-5-9-17(18(16)20-19(22)23)15-6-3-2-4-7-15/h2-9,14,20H,10-13H2,1H3,(H,22,23). The molecule has 3 rings (SSSR count). The van der Waals surface area contributed by atoms with Crippen molar-refractivity contribution in [1.82, 2.24) is 4.90 Å². The summed E-state index contributed by atoms with van der Waals surface area (Å²) in [6, 6.07) is 16.0. The molecule has 1 heterocycles. The third kappa shape index (κ3) is 3.71. The Morgan fingerprint density at radius 1 is 1.22 bits per heavy atom. The van der Waals surface area contributed by atoms with Gasteiger partial charge in [0.25, 0.3) is 0 Å². The van der Waals surface area contributed by atoms with Gasteiger partial charge in [-0.05, 0) is 43.5 Å². The van der Waals surface area contributed by atoms with E-state index in [0.29, 0.717) is 5.92 Å². The van der Waals surface area contributed by atoms with Gasteiger partial charge in [-0.25, -0.2) is 4.79 Å². The lowest BCUT2D eigenvalue weighted by molar-refractivity contribution is 0.209. The quantitative estimate of drug-likeness (QED) is 0.899. The molecule has 1 saturated heterocycles. The molecular weight excluding hydrogens is 288 g/mol. The maximum Gasteiger partial charge on any atom is 0.409 e. The highest BCUT2D eigenvalue weighted by Gasteiger charge is 2.22. The summed E-state index contributed by atoms with van der Waals surface area (Å²) in [4.78, 5) is 13.6. The van der Waals surface area contributed by atoms with E-state index in [9.17, 15) is 9.90 Å². The van der Waals surface area contributed by atoms with Crippen LogP contribution in [0.4, 0.5) is 10.5 Å². The lowest BCUT2D eigenvalue weighted by atomic mass is 9.93. The number of hydrogen-bond donors (Lipinski definition) is 2. The molecule has 0 saturated carbocycles. The predicted octanol–water partition coefficient (Wildman–Crippen LogP) is 3.94. The number of nitrogens with zero attached hydrogens (tertiary/aromatic N) is 1. The van der Waals surface area contributed by atoms with Crippen LogP contribution in [-0.4, -0.2) is 36.2 Å². The molecule has 1 unspecified atom stereocenters. The first-order valence-electron chi connectivity index (χ1n) is 7.99. The van der Waals surface area contributed by atoms with Gasteiger partial charge < -0.3 is 10.0 Å². The molecule has 0 bridgehead atoms. The van der Waals surface area contributed by atoms with Crippen molar-refractivity contribution in [3.8, 4) is 11.1 Å². The maximum absolute atomic E-state index is 11.3. The molecule has 1 aliphatic heterocycles. The zero-order valence-corrected chi connectivity index (χ0v) is 13.3. The molecule has 1 aliphatic rings. The summed E-state index contributed by atoms with van der Waals surface area (Å²) in [6.07, 6.45) is 1.05. The molecule has 1 atom stereocenters. The summed E-state index contributed by atoms with van der Waals surface area (Å²) in [5.41, 5.74) is 3.77. The summed E-state index contributed by atoms with van der Waals surface area (Å²) in [7, 11) is 2.14. The van der Waals surface area contributed by atoms with Gasteiger partial charge in [0, 0.05) is 12.1 Å². The van der Waals surface area contributed by atoms with Crippen molar-refractivity contribution in [1.29, 1.82) is 0 Å². The normalized spacial score (nSPS) is 18.0. The Labute approximate surface area is 136 Å². The third-order valence-electron chi connectivity index (χ3n) is 4.47. The van der Waals surface area contributed by atoms with Crippen LogP contribution in [-0.2, 0) is 6.42 Å². The van der Waals surface area contributed by atoms with Crippen molar-refractivity contribution in [2.24, 2.45) is 5.92 Å². The number of hydrogen-bond acceptors (Lipinski definition) is 2. The van der Waals surface area contributed by atoms with Gasteiger partial charge in [-0.2, -0.15) is 0 Å². The van der Waals surface area contributed by atoms with Gasteiger partial charge in [0.15, 0.2) is 0 Å². The zero-order valence-electron chi connectivity index (χ0n) is 13.3. The molecule has 0 aromatic heterocycles. The van der Waals surface area contributed by atoms with Crippen molar-refractivity contribution in [2.45, 2.75) is 12.8 Å². The highest BCUT2D eigenvalue weighted by Crippen LogP contribution is 2.33. The SMILES string of the molecule is CN1CCC(Cc2cccc(-c3ccccc3)c2NC(=O)O)C1. The van der Waals surface area contributed by atoms with Gasteiger partial charge in [0.2, 0.25) is 0 Å². The summed E-state index contributed by atoms with van der Waals surface area (Å²) in [6.45, 7) is 2.19. The minimum absolute atomic E-state index is 0.584. The molecule has 1 fully saturated rings. The van der Waals surface area contributed by atoms with Crippen LogP contribution in [0.3, 0.4) is 0 Å². The monoisotopic (exact) mass is 310 g/mol. The Morgan fingerprint density at radius 3 is 2.65 bits per heavy atom. The molecular formula is C19H22N2O2. The number of carbonyl (C=O) groups is 1. The average Bonchev–Trinajstić information content (AvgIpc) is 2.94. The third-order valence-corrected chi connectivity index (χ3v) is 4.47. The maximum atomic E-state index is 11.3. The van der Waals surface area contributed by atoms with Gasteiger partial charge >= 0.3 is 6.09 Å². The molecule has 1 amide bonds. The van der Waals surface area contributed by atoms with Crippen molar-refractivity contribution in [3.63, 3.8) is 0 Å². The number of amides is 1. The van der Waals surface area contributed by atoms with E-state index in [1.54, 1.807) is 0 Å². The van der Waals surface area contributed by atoms with Crippen molar-refractivity contribution >= 4 is 11.8 Å². The van der Waals surface area contributed by atoms with Crippen LogP contribution >= 0.6 is 0 Å². The molecule has 2 N–H and O–H groups in total. The molecule has 2 aromatic carbocycles. The van der Waals surface area contributed by atoms with Crippen LogP contribution in [0.5, 0.6) is 0 Å². The lowest BCUT2D eigenvalue weighted by Crippen LogP contribution is -2.16. The Balaban J connectivity index is 1.96. The molecule has 4 nitrogen and oxygen atoms in total.